The van der Waals surface area contributed by atoms with Gasteiger partial charge in [0.15, 0.2) is 0 Å². The molecule has 4 heteroatoms. The summed E-state index contributed by atoms with van der Waals surface area (Å²) in [5, 5.41) is 10.5. The Hall–Kier alpha value is -1.39. The first-order chi connectivity index (χ1) is 9.45. The van der Waals surface area contributed by atoms with Crippen molar-refractivity contribution in [1.82, 2.24) is 0 Å². The van der Waals surface area contributed by atoms with Crippen LogP contribution in [0.25, 0.3) is 0 Å². The van der Waals surface area contributed by atoms with Crippen LogP contribution in [0.5, 0.6) is 5.75 Å². The maximum Gasteiger partial charge on any atom is 0.132 e. The Morgan fingerprint density at radius 3 is 2.50 bits per heavy atom. The Balaban J connectivity index is 2.55. The van der Waals surface area contributed by atoms with E-state index in [0.29, 0.717) is 16.9 Å². The minimum atomic E-state index is -1.07. The molecule has 0 amide bonds. The van der Waals surface area contributed by atoms with Crippen molar-refractivity contribution in [2.45, 2.75) is 20.0 Å². The van der Waals surface area contributed by atoms with E-state index in [1.54, 1.807) is 31.2 Å². The van der Waals surface area contributed by atoms with Crippen molar-refractivity contribution >= 4 is 15.9 Å². The van der Waals surface area contributed by atoms with Gasteiger partial charge in [-0.3, -0.25) is 0 Å². The first-order valence-corrected chi connectivity index (χ1v) is 7.02. The van der Waals surface area contributed by atoms with Crippen molar-refractivity contribution in [3.63, 3.8) is 0 Å². The second kappa shape index (κ2) is 5.94. The normalized spacial score (nSPS) is 12.3. The van der Waals surface area contributed by atoms with Crippen LogP contribution in [0.3, 0.4) is 0 Å². The molecule has 2 rings (SSSR count). The number of rotatable bonds is 3. The minimum Gasteiger partial charge on any atom is -0.496 e. The van der Waals surface area contributed by atoms with Gasteiger partial charge in [0.1, 0.15) is 17.7 Å². The molecule has 0 radical (unpaired) electrons. The van der Waals surface area contributed by atoms with Crippen molar-refractivity contribution in [1.29, 1.82) is 0 Å². The molecule has 0 aliphatic carbocycles. The number of methoxy groups -OCH3 is 1. The van der Waals surface area contributed by atoms with E-state index in [9.17, 15) is 9.50 Å². The number of hydrogen-bond acceptors (Lipinski definition) is 2. The summed E-state index contributed by atoms with van der Waals surface area (Å²) in [6.45, 7) is 3.60. The van der Waals surface area contributed by atoms with Gasteiger partial charge in [-0.1, -0.05) is 34.1 Å². The quantitative estimate of drug-likeness (QED) is 0.904. The molecule has 2 aromatic carbocycles. The summed E-state index contributed by atoms with van der Waals surface area (Å²) in [6, 6.07) is 8.57. The van der Waals surface area contributed by atoms with Gasteiger partial charge in [0.05, 0.1) is 7.11 Å². The van der Waals surface area contributed by atoms with Crippen molar-refractivity contribution < 1.29 is 14.2 Å². The second-order valence-corrected chi connectivity index (χ2v) is 5.58. The summed E-state index contributed by atoms with van der Waals surface area (Å²) < 4.78 is 20.3. The summed E-state index contributed by atoms with van der Waals surface area (Å²) in [6.07, 6.45) is -1.07. The third-order valence-corrected chi connectivity index (χ3v) is 4.18. The number of benzene rings is 2. The molecule has 20 heavy (non-hydrogen) atoms. The lowest BCUT2D eigenvalue weighted by molar-refractivity contribution is 0.209. The summed E-state index contributed by atoms with van der Waals surface area (Å²) in [5.74, 6) is 0.151. The van der Waals surface area contributed by atoms with E-state index in [0.717, 1.165) is 10.0 Å². The molecule has 1 N–H and O–H groups in total. The van der Waals surface area contributed by atoms with Gasteiger partial charge in [0, 0.05) is 15.6 Å². The lowest BCUT2D eigenvalue weighted by atomic mass is 9.97. The van der Waals surface area contributed by atoms with Crippen LogP contribution in [0.4, 0.5) is 4.39 Å². The Morgan fingerprint density at radius 1 is 1.15 bits per heavy atom. The van der Waals surface area contributed by atoms with Crippen LogP contribution >= 0.6 is 15.9 Å². The number of aryl methyl sites for hydroxylation is 2. The van der Waals surface area contributed by atoms with Gasteiger partial charge in [0.2, 0.25) is 0 Å². The predicted octanol–water partition coefficient (Wildman–Crippen LogP) is 4.30. The van der Waals surface area contributed by atoms with Gasteiger partial charge in [0.25, 0.3) is 0 Å². The van der Waals surface area contributed by atoms with Gasteiger partial charge in [-0.15, -0.1) is 0 Å². The first kappa shape index (κ1) is 15.0. The number of aliphatic hydroxyl groups is 1. The number of ether oxygens (including phenoxy) is 1. The molecule has 106 valence electrons. The molecule has 0 aliphatic rings. The molecular weight excluding hydrogens is 323 g/mol. The van der Waals surface area contributed by atoms with E-state index >= 15 is 0 Å². The van der Waals surface area contributed by atoms with E-state index in [1.807, 2.05) is 13.0 Å². The van der Waals surface area contributed by atoms with E-state index in [-0.39, 0.29) is 5.56 Å². The molecule has 0 fully saturated rings. The smallest absolute Gasteiger partial charge is 0.132 e. The summed E-state index contributed by atoms with van der Waals surface area (Å²) in [4.78, 5) is 0. The molecular formula is C16H16BrFO2. The lowest BCUT2D eigenvalue weighted by Crippen LogP contribution is -2.06. The van der Waals surface area contributed by atoms with E-state index < -0.39 is 11.9 Å². The van der Waals surface area contributed by atoms with Gasteiger partial charge in [-0.2, -0.15) is 0 Å². The Bertz CT molecular complexity index is 641. The van der Waals surface area contributed by atoms with Crippen molar-refractivity contribution in [3.8, 4) is 5.75 Å². The fraction of sp³-hybridized carbons (Fsp3) is 0.250. The van der Waals surface area contributed by atoms with E-state index in [2.05, 4.69) is 15.9 Å². The fourth-order valence-electron chi connectivity index (χ4n) is 2.11. The molecule has 0 aromatic heterocycles. The fourth-order valence-corrected chi connectivity index (χ4v) is 2.47. The van der Waals surface area contributed by atoms with Gasteiger partial charge >= 0.3 is 0 Å². The van der Waals surface area contributed by atoms with Crippen LogP contribution in [-0.2, 0) is 0 Å². The van der Waals surface area contributed by atoms with Crippen molar-refractivity contribution in [2.75, 3.05) is 7.11 Å². The lowest BCUT2D eigenvalue weighted by Gasteiger charge is -2.18. The second-order valence-electron chi connectivity index (χ2n) is 4.72. The zero-order chi connectivity index (χ0) is 14.9. The third kappa shape index (κ3) is 2.72. The van der Waals surface area contributed by atoms with Crippen molar-refractivity contribution in [2.24, 2.45) is 0 Å². The Morgan fingerprint density at radius 2 is 1.85 bits per heavy atom. The van der Waals surface area contributed by atoms with Crippen LogP contribution in [0.2, 0.25) is 0 Å². The zero-order valence-electron chi connectivity index (χ0n) is 11.6. The molecule has 0 bridgehead atoms. The molecule has 0 saturated heterocycles. The summed E-state index contributed by atoms with van der Waals surface area (Å²) in [7, 11) is 1.53. The highest BCUT2D eigenvalue weighted by Gasteiger charge is 2.20. The molecule has 1 unspecified atom stereocenters. The van der Waals surface area contributed by atoms with Gasteiger partial charge < -0.3 is 9.84 Å². The SMILES string of the molecule is COc1cc(C)c(Br)cc1C(O)c1cccc(C)c1F. The van der Waals surface area contributed by atoms with E-state index in [4.69, 9.17) is 4.74 Å². The van der Waals surface area contributed by atoms with Crippen LogP contribution in [0, 0.1) is 19.7 Å². The third-order valence-electron chi connectivity index (χ3n) is 3.32. The molecule has 0 saturated carbocycles. The highest BCUT2D eigenvalue weighted by molar-refractivity contribution is 9.10. The highest BCUT2D eigenvalue weighted by atomic mass is 79.9. The molecule has 0 spiro atoms. The zero-order valence-corrected chi connectivity index (χ0v) is 13.2. The maximum absolute atomic E-state index is 14.1. The molecule has 2 aromatic rings. The van der Waals surface area contributed by atoms with Crippen LogP contribution in [0.15, 0.2) is 34.8 Å². The first-order valence-electron chi connectivity index (χ1n) is 6.22. The average molecular weight is 339 g/mol. The molecule has 1 atom stereocenters. The Labute approximate surface area is 126 Å². The van der Waals surface area contributed by atoms with Gasteiger partial charge in [-0.25, -0.2) is 4.39 Å². The topological polar surface area (TPSA) is 29.5 Å². The average Bonchev–Trinajstić information content (AvgIpc) is 2.43. The Kier molecular flexibility index (Phi) is 4.45. The predicted molar refractivity (Wildman–Crippen MR) is 80.6 cm³/mol. The van der Waals surface area contributed by atoms with Crippen molar-refractivity contribution in [3.05, 3.63) is 62.9 Å². The molecule has 0 aliphatic heterocycles. The summed E-state index contributed by atoms with van der Waals surface area (Å²) in [5.41, 5.74) is 2.28. The minimum absolute atomic E-state index is 0.249. The van der Waals surface area contributed by atoms with Crippen LogP contribution in [0.1, 0.15) is 28.4 Å². The molecule has 2 nitrogen and oxygen atoms in total. The maximum atomic E-state index is 14.1. The number of hydrogen-bond donors (Lipinski definition) is 1. The highest BCUT2D eigenvalue weighted by Crippen LogP contribution is 2.35. The van der Waals surface area contributed by atoms with Crippen LogP contribution < -0.4 is 4.74 Å². The number of halogens is 2. The molecule has 0 heterocycles. The largest absolute Gasteiger partial charge is 0.496 e. The standard InChI is InChI=1S/C16H16BrFO2/c1-9-5-4-6-11(15(9)18)16(19)12-8-13(17)10(2)7-14(12)20-3/h4-8,16,19H,1-3H3. The number of aliphatic hydroxyl groups excluding tert-OH is 1. The summed E-state index contributed by atoms with van der Waals surface area (Å²) >= 11 is 3.42. The monoisotopic (exact) mass is 338 g/mol. The van der Waals surface area contributed by atoms with E-state index in [1.165, 1.54) is 7.11 Å². The van der Waals surface area contributed by atoms with Gasteiger partial charge in [-0.05, 0) is 37.1 Å². The van der Waals surface area contributed by atoms with Crippen LogP contribution in [-0.4, -0.2) is 12.2 Å².